The summed E-state index contributed by atoms with van der Waals surface area (Å²) in [6.45, 7) is 1.77. The quantitative estimate of drug-likeness (QED) is 0.453. The van der Waals surface area contributed by atoms with Crippen LogP contribution in [0.2, 0.25) is 0 Å². The minimum atomic E-state index is -0.460. The molecular weight excluding hydrogens is 254 g/mol. The highest BCUT2D eigenvalue weighted by atomic mass is 16.3. The van der Waals surface area contributed by atoms with Crippen molar-refractivity contribution >= 4 is 17.3 Å². The molecule has 0 radical (unpaired) electrons. The maximum atomic E-state index is 11.9. The lowest BCUT2D eigenvalue weighted by atomic mass is 10.1. The Hall–Kier alpha value is -2.82. The van der Waals surface area contributed by atoms with E-state index in [2.05, 4.69) is 10.5 Å². The summed E-state index contributed by atoms with van der Waals surface area (Å²) in [5.74, 6) is -0.539. The maximum Gasteiger partial charge on any atom is 0.275 e. The summed E-state index contributed by atoms with van der Waals surface area (Å²) in [5, 5.41) is 13.6. The van der Waals surface area contributed by atoms with Gasteiger partial charge in [-0.25, -0.2) is 5.43 Å². The fourth-order valence-corrected chi connectivity index (χ4v) is 1.65. The number of amides is 1. The molecule has 0 aliphatic rings. The number of phenols is 1. The first-order chi connectivity index (χ1) is 9.58. The van der Waals surface area contributed by atoms with Gasteiger partial charge in [0, 0.05) is 5.69 Å². The van der Waals surface area contributed by atoms with Gasteiger partial charge in [0.05, 0.1) is 11.3 Å². The number of nitrogens with two attached hydrogens (primary N) is 1. The summed E-state index contributed by atoms with van der Waals surface area (Å²) in [6, 6.07) is 13.5. The van der Waals surface area contributed by atoms with Gasteiger partial charge in [0.25, 0.3) is 5.91 Å². The predicted molar refractivity (Wildman–Crippen MR) is 78.6 cm³/mol. The first kappa shape index (κ1) is 13.6. The van der Waals surface area contributed by atoms with Crippen molar-refractivity contribution in [2.45, 2.75) is 6.92 Å². The molecule has 2 aromatic carbocycles. The molecule has 0 bridgehead atoms. The van der Waals surface area contributed by atoms with Crippen molar-refractivity contribution in [3.63, 3.8) is 0 Å². The molecule has 0 fully saturated rings. The van der Waals surface area contributed by atoms with E-state index in [1.807, 2.05) is 12.1 Å². The summed E-state index contributed by atoms with van der Waals surface area (Å²) in [4.78, 5) is 11.9. The van der Waals surface area contributed by atoms with E-state index in [-0.39, 0.29) is 11.3 Å². The number of hydrogen-bond donors (Lipinski definition) is 3. The standard InChI is InChI=1S/C15H15N3O2/c1-10(11-6-8-12(16)9-7-11)17-18-15(20)13-4-2-3-5-14(13)19/h2-9,19H,16H2,1H3,(H,18,20)/b17-10-. The van der Waals surface area contributed by atoms with E-state index in [9.17, 15) is 9.90 Å². The van der Waals surface area contributed by atoms with Gasteiger partial charge < -0.3 is 10.8 Å². The molecule has 0 aliphatic heterocycles. The van der Waals surface area contributed by atoms with E-state index < -0.39 is 5.91 Å². The van der Waals surface area contributed by atoms with E-state index >= 15 is 0 Å². The first-order valence-corrected chi connectivity index (χ1v) is 6.06. The zero-order valence-corrected chi connectivity index (χ0v) is 11.0. The Kier molecular flexibility index (Phi) is 4.00. The largest absolute Gasteiger partial charge is 0.507 e. The average molecular weight is 269 g/mol. The van der Waals surface area contributed by atoms with Crippen LogP contribution in [0.15, 0.2) is 53.6 Å². The Morgan fingerprint density at radius 2 is 1.80 bits per heavy atom. The summed E-state index contributed by atoms with van der Waals surface area (Å²) in [7, 11) is 0. The van der Waals surface area contributed by atoms with Crippen LogP contribution in [-0.2, 0) is 0 Å². The molecule has 2 aromatic rings. The van der Waals surface area contributed by atoms with Crippen molar-refractivity contribution in [2.24, 2.45) is 5.10 Å². The zero-order valence-electron chi connectivity index (χ0n) is 11.0. The number of hydrogen-bond acceptors (Lipinski definition) is 4. The van der Waals surface area contributed by atoms with Crippen LogP contribution in [0, 0.1) is 0 Å². The monoisotopic (exact) mass is 269 g/mol. The molecule has 5 nitrogen and oxygen atoms in total. The van der Waals surface area contributed by atoms with E-state index in [0.717, 1.165) is 5.56 Å². The Balaban J connectivity index is 2.11. The van der Waals surface area contributed by atoms with Crippen LogP contribution in [0.25, 0.3) is 0 Å². The van der Waals surface area contributed by atoms with Crippen molar-refractivity contribution in [1.29, 1.82) is 0 Å². The molecule has 102 valence electrons. The molecule has 0 saturated heterocycles. The number of para-hydroxylation sites is 1. The van der Waals surface area contributed by atoms with E-state index in [1.54, 1.807) is 31.2 Å². The number of carbonyl (C=O) groups is 1. The number of nitrogen functional groups attached to an aromatic ring is 1. The highest BCUT2D eigenvalue weighted by Gasteiger charge is 2.09. The summed E-state index contributed by atoms with van der Waals surface area (Å²) < 4.78 is 0. The number of hydrazone groups is 1. The maximum absolute atomic E-state index is 11.9. The number of carbonyl (C=O) groups excluding carboxylic acids is 1. The van der Waals surface area contributed by atoms with Crippen LogP contribution >= 0.6 is 0 Å². The van der Waals surface area contributed by atoms with Crippen LogP contribution in [0.3, 0.4) is 0 Å². The number of phenolic OH excluding ortho intramolecular Hbond substituents is 1. The molecule has 0 aliphatic carbocycles. The molecule has 0 unspecified atom stereocenters. The lowest BCUT2D eigenvalue weighted by Crippen LogP contribution is -2.19. The van der Waals surface area contributed by atoms with Crippen molar-refractivity contribution in [3.05, 3.63) is 59.7 Å². The Morgan fingerprint density at radius 1 is 1.15 bits per heavy atom. The highest BCUT2D eigenvalue weighted by Crippen LogP contribution is 2.15. The Labute approximate surface area is 116 Å². The van der Waals surface area contributed by atoms with Crippen LogP contribution in [0.5, 0.6) is 5.75 Å². The molecule has 1 amide bonds. The van der Waals surface area contributed by atoms with Gasteiger partial charge in [-0.3, -0.25) is 4.79 Å². The number of rotatable bonds is 3. The second-order valence-corrected chi connectivity index (χ2v) is 4.28. The zero-order chi connectivity index (χ0) is 14.5. The van der Waals surface area contributed by atoms with Crippen LogP contribution in [-0.4, -0.2) is 16.7 Å². The number of anilines is 1. The fourth-order valence-electron chi connectivity index (χ4n) is 1.65. The fraction of sp³-hybridized carbons (Fsp3) is 0.0667. The van der Waals surface area contributed by atoms with E-state index in [4.69, 9.17) is 5.73 Å². The van der Waals surface area contributed by atoms with Gasteiger partial charge in [0.15, 0.2) is 0 Å². The lowest BCUT2D eigenvalue weighted by Gasteiger charge is -2.04. The number of nitrogens with one attached hydrogen (secondary N) is 1. The third-order valence-corrected chi connectivity index (χ3v) is 2.80. The van der Waals surface area contributed by atoms with Gasteiger partial charge in [0.1, 0.15) is 5.75 Å². The normalized spacial score (nSPS) is 11.2. The SMILES string of the molecule is C/C(=N/NC(=O)c1ccccc1O)c1ccc(N)cc1. The van der Waals surface area contributed by atoms with Gasteiger partial charge in [-0.2, -0.15) is 5.10 Å². The minimum Gasteiger partial charge on any atom is -0.507 e. The van der Waals surface area contributed by atoms with Crippen LogP contribution < -0.4 is 11.2 Å². The lowest BCUT2D eigenvalue weighted by molar-refractivity contribution is 0.0952. The summed E-state index contributed by atoms with van der Waals surface area (Å²) in [6.07, 6.45) is 0. The molecular formula is C15H15N3O2. The Morgan fingerprint density at radius 3 is 2.45 bits per heavy atom. The second-order valence-electron chi connectivity index (χ2n) is 4.28. The third-order valence-electron chi connectivity index (χ3n) is 2.80. The minimum absolute atomic E-state index is 0.0784. The van der Waals surface area contributed by atoms with Crippen molar-refractivity contribution in [1.82, 2.24) is 5.43 Å². The van der Waals surface area contributed by atoms with Gasteiger partial charge in [0.2, 0.25) is 0 Å². The van der Waals surface area contributed by atoms with Gasteiger partial charge in [-0.15, -0.1) is 0 Å². The first-order valence-electron chi connectivity index (χ1n) is 6.06. The molecule has 0 heterocycles. The van der Waals surface area contributed by atoms with Gasteiger partial charge >= 0.3 is 0 Å². The van der Waals surface area contributed by atoms with Gasteiger partial charge in [-0.05, 0) is 36.8 Å². The molecule has 0 aromatic heterocycles. The van der Waals surface area contributed by atoms with Crippen LogP contribution in [0.1, 0.15) is 22.8 Å². The molecule has 2 rings (SSSR count). The molecule has 5 heteroatoms. The van der Waals surface area contributed by atoms with E-state index in [0.29, 0.717) is 11.4 Å². The average Bonchev–Trinajstić information content (AvgIpc) is 2.45. The molecule has 4 N–H and O–H groups in total. The molecule has 0 saturated carbocycles. The topological polar surface area (TPSA) is 87.7 Å². The smallest absolute Gasteiger partial charge is 0.275 e. The molecule has 0 spiro atoms. The third kappa shape index (κ3) is 3.14. The van der Waals surface area contributed by atoms with Crippen molar-refractivity contribution < 1.29 is 9.90 Å². The van der Waals surface area contributed by atoms with Crippen LogP contribution in [0.4, 0.5) is 5.69 Å². The second kappa shape index (κ2) is 5.88. The highest BCUT2D eigenvalue weighted by molar-refractivity contribution is 6.01. The van der Waals surface area contributed by atoms with E-state index in [1.165, 1.54) is 12.1 Å². The van der Waals surface area contributed by atoms with Gasteiger partial charge in [-0.1, -0.05) is 24.3 Å². The molecule has 0 atom stereocenters. The van der Waals surface area contributed by atoms with Crippen molar-refractivity contribution in [2.75, 3.05) is 5.73 Å². The van der Waals surface area contributed by atoms with Crippen molar-refractivity contribution in [3.8, 4) is 5.75 Å². The Bertz CT molecular complexity index is 648. The summed E-state index contributed by atoms with van der Waals surface area (Å²) in [5.41, 5.74) is 10.4. The summed E-state index contributed by atoms with van der Waals surface area (Å²) >= 11 is 0. The number of nitrogens with zero attached hydrogens (tertiary/aromatic N) is 1. The molecule has 20 heavy (non-hydrogen) atoms. The number of benzene rings is 2. The predicted octanol–water partition coefficient (Wildman–Crippen LogP) is 2.13. The number of aromatic hydroxyl groups is 1.